The number of carbonyl (C=O) groups is 1. The summed E-state index contributed by atoms with van der Waals surface area (Å²) in [6, 6.07) is 5.72. The normalized spacial score (nSPS) is 10.2. The highest BCUT2D eigenvalue weighted by Crippen LogP contribution is 2.17. The monoisotopic (exact) mass is 396 g/mol. The van der Waals surface area contributed by atoms with Gasteiger partial charge in [0.05, 0.1) is 12.2 Å². The standard InChI is InChI=1S/C12H14BrIO2/c1-2-16-12(15)10-5-6-11(14)9(8-10)4-3-7-13/h5-6,8H,2-4,7H2,1H3. The van der Waals surface area contributed by atoms with E-state index in [9.17, 15) is 4.79 Å². The Morgan fingerprint density at radius 2 is 2.25 bits per heavy atom. The fourth-order valence-electron chi connectivity index (χ4n) is 1.36. The largest absolute Gasteiger partial charge is 0.462 e. The van der Waals surface area contributed by atoms with E-state index in [2.05, 4.69) is 38.5 Å². The van der Waals surface area contributed by atoms with Crippen LogP contribution in [0.1, 0.15) is 29.3 Å². The van der Waals surface area contributed by atoms with Gasteiger partial charge in [0.1, 0.15) is 0 Å². The van der Waals surface area contributed by atoms with Gasteiger partial charge in [-0.3, -0.25) is 0 Å². The molecule has 4 heteroatoms. The average Bonchev–Trinajstić information content (AvgIpc) is 2.28. The van der Waals surface area contributed by atoms with Crippen molar-refractivity contribution in [3.63, 3.8) is 0 Å². The van der Waals surface area contributed by atoms with Crippen molar-refractivity contribution in [3.05, 3.63) is 32.9 Å². The molecule has 0 unspecified atom stereocenters. The molecule has 16 heavy (non-hydrogen) atoms. The minimum Gasteiger partial charge on any atom is -0.462 e. The number of aryl methyl sites for hydroxylation is 1. The maximum atomic E-state index is 11.5. The lowest BCUT2D eigenvalue weighted by Gasteiger charge is -2.07. The molecule has 0 saturated heterocycles. The van der Waals surface area contributed by atoms with Crippen molar-refractivity contribution >= 4 is 44.5 Å². The summed E-state index contributed by atoms with van der Waals surface area (Å²) >= 11 is 5.70. The Labute approximate surface area is 118 Å². The second-order valence-corrected chi connectivity index (χ2v) is 5.27. The molecular weight excluding hydrogens is 383 g/mol. The zero-order valence-electron chi connectivity index (χ0n) is 9.13. The van der Waals surface area contributed by atoms with E-state index in [1.54, 1.807) is 0 Å². The summed E-state index contributed by atoms with van der Waals surface area (Å²) in [5.74, 6) is -0.237. The summed E-state index contributed by atoms with van der Waals surface area (Å²) in [4.78, 5) is 11.5. The highest BCUT2D eigenvalue weighted by molar-refractivity contribution is 14.1. The first kappa shape index (κ1) is 14.0. The van der Waals surface area contributed by atoms with Crippen LogP contribution in [-0.2, 0) is 11.2 Å². The molecule has 0 spiro atoms. The van der Waals surface area contributed by atoms with Crippen LogP contribution in [0.5, 0.6) is 0 Å². The molecule has 0 bridgehead atoms. The maximum absolute atomic E-state index is 11.5. The van der Waals surface area contributed by atoms with Gasteiger partial charge in [-0.25, -0.2) is 4.79 Å². The van der Waals surface area contributed by atoms with Crippen LogP contribution in [0, 0.1) is 3.57 Å². The first-order valence-electron chi connectivity index (χ1n) is 5.20. The zero-order valence-corrected chi connectivity index (χ0v) is 12.9. The lowest BCUT2D eigenvalue weighted by molar-refractivity contribution is 0.0526. The summed E-state index contributed by atoms with van der Waals surface area (Å²) in [5, 5.41) is 0.979. The van der Waals surface area contributed by atoms with E-state index in [-0.39, 0.29) is 5.97 Å². The molecule has 0 fully saturated rings. The Bertz CT molecular complexity index is 366. The lowest BCUT2D eigenvalue weighted by Crippen LogP contribution is -2.05. The fraction of sp³-hybridized carbons (Fsp3) is 0.417. The van der Waals surface area contributed by atoms with Crippen LogP contribution >= 0.6 is 38.5 Å². The van der Waals surface area contributed by atoms with Crippen LogP contribution in [0.2, 0.25) is 0 Å². The number of hydrogen-bond donors (Lipinski definition) is 0. The third-order valence-corrected chi connectivity index (χ3v) is 3.75. The van der Waals surface area contributed by atoms with Gasteiger partial charge >= 0.3 is 5.97 Å². The van der Waals surface area contributed by atoms with Crippen molar-refractivity contribution in [1.29, 1.82) is 0 Å². The molecule has 0 aliphatic heterocycles. The van der Waals surface area contributed by atoms with Crippen molar-refractivity contribution in [1.82, 2.24) is 0 Å². The molecular formula is C12H14BrIO2. The van der Waals surface area contributed by atoms with Crippen molar-refractivity contribution < 1.29 is 9.53 Å². The Kier molecular flexibility index (Phi) is 6.34. The molecule has 0 N–H and O–H groups in total. The van der Waals surface area contributed by atoms with Gasteiger partial charge < -0.3 is 4.74 Å². The first-order valence-corrected chi connectivity index (χ1v) is 7.40. The van der Waals surface area contributed by atoms with Crippen molar-refractivity contribution in [2.45, 2.75) is 19.8 Å². The molecule has 1 aromatic carbocycles. The van der Waals surface area contributed by atoms with E-state index < -0.39 is 0 Å². The Balaban J connectivity index is 2.84. The molecule has 0 atom stereocenters. The predicted octanol–water partition coefficient (Wildman–Crippen LogP) is 3.80. The number of rotatable bonds is 5. The molecule has 2 nitrogen and oxygen atoms in total. The highest BCUT2D eigenvalue weighted by Gasteiger charge is 2.08. The van der Waals surface area contributed by atoms with E-state index in [1.807, 2.05) is 25.1 Å². The van der Waals surface area contributed by atoms with Crippen LogP contribution < -0.4 is 0 Å². The summed E-state index contributed by atoms with van der Waals surface area (Å²) in [6.45, 7) is 2.23. The maximum Gasteiger partial charge on any atom is 0.338 e. The quantitative estimate of drug-likeness (QED) is 0.430. The smallest absolute Gasteiger partial charge is 0.338 e. The Morgan fingerprint density at radius 1 is 1.50 bits per heavy atom. The number of carbonyl (C=O) groups excluding carboxylic acids is 1. The van der Waals surface area contributed by atoms with E-state index in [0.29, 0.717) is 12.2 Å². The third kappa shape index (κ3) is 4.05. The van der Waals surface area contributed by atoms with Crippen LogP contribution in [0.15, 0.2) is 18.2 Å². The number of alkyl halides is 1. The fourth-order valence-corrected chi connectivity index (χ4v) is 2.25. The minimum absolute atomic E-state index is 0.237. The molecule has 0 heterocycles. The summed E-state index contributed by atoms with van der Waals surface area (Å²) in [5.41, 5.74) is 1.86. The van der Waals surface area contributed by atoms with E-state index >= 15 is 0 Å². The van der Waals surface area contributed by atoms with E-state index in [4.69, 9.17) is 4.74 Å². The van der Waals surface area contributed by atoms with Crippen LogP contribution in [0.25, 0.3) is 0 Å². The summed E-state index contributed by atoms with van der Waals surface area (Å²) in [7, 11) is 0. The second-order valence-electron chi connectivity index (χ2n) is 3.32. The zero-order chi connectivity index (χ0) is 12.0. The number of benzene rings is 1. The summed E-state index contributed by atoms with van der Waals surface area (Å²) < 4.78 is 6.18. The molecule has 1 rings (SSSR count). The van der Waals surface area contributed by atoms with Crippen molar-refractivity contribution in [2.75, 3.05) is 11.9 Å². The number of ether oxygens (including phenoxy) is 1. The van der Waals surface area contributed by atoms with E-state index in [0.717, 1.165) is 18.2 Å². The number of halogens is 2. The van der Waals surface area contributed by atoms with Gasteiger partial charge in [-0.15, -0.1) is 0 Å². The van der Waals surface area contributed by atoms with Crippen LogP contribution in [0.4, 0.5) is 0 Å². The topological polar surface area (TPSA) is 26.3 Å². The lowest BCUT2D eigenvalue weighted by atomic mass is 10.1. The minimum atomic E-state index is -0.237. The molecule has 0 saturated carbocycles. The van der Waals surface area contributed by atoms with Gasteiger partial charge in [-0.1, -0.05) is 15.9 Å². The predicted molar refractivity (Wildman–Crippen MR) is 77.2 cm³/mol. The van der Waals surface area contributed by atoms with Gasteiger partial charge in [0, 0.05) is 8.90 Å². The van der Waals surface area contributed by atoms with Gasteiger partial charge in [-0.05, 0) is 66.1 Å². The molecule has 0 aliphatic carbocycles. The number of hydrogen-bond acceptors (Lipinski definition) is 2. The Hall–Kier alpha value is -0.100. The highest BCUT2D eigenvalue weighted by atomic mass is 127. The van der Waals surface area contributed by atoms with Gasteiger partial charge in [0.2, 0.25) is 0 Å². The van der Waals surface area contributed by atoms with Gasteiger partial charge in [0.15, 0.2) is 0 Å². The van der Waals surface area contributed by atoms with Crippen LogP contribution in [-0.4, -0.2) is 17.9 Å². The summed E-state index contributed by atoms with van der Waals surface area (Å²) in [6.07, 6.45) is 2.05. The Morgan fingerprint density at radius 3 is 2.88 bits per heavy atom. The van der Waals surface area contributed by atoms with Crippen LogP contribution in [0.3, 0.4) is 0 Å². The van der Waals surface area contributed by atoms with Crippen molar-refractivity contribution in [2.24, 2.45) is 0 Å². The van der Waals surface area contributed by atoms with Gasteiger partial charge in [-0.2, -0.15) is 0 Å². The van der Waals surface area contributed by atoms with Crippen molar-refractivity contribution in [3.8, 4) is 0 Å². The SMILES string of the molecule is CCOC(=O)c1ccc(I)c(CCCBr)c1. The average molecular weight is 397 g/mol. The first-order chi connectivity index (χ1) is 7.69. The second kappa shape index (κ2) is 7.27. The molecule has 0 radical (unpaired) electrons. The molecule has 0 aromatic heterocycles. The van der Waals surface area contributed by atoms with Gasteiger partial charge in [0.25, 0.3) is 0 Å². The molecule has 88 valence electrons. The third-order valence-electron chi connectivity index (χ3n) is 2.14. The van der Waals surface area contributed by atoms with E-state index in [1.165, 1.54) is 9.13 Å². The molecule has 1 aromatic rings. The molecule has 0 aliphatic rings. The number of esters is 1. The molecule has 0 amide bonds.